The van der Waals surface area contributed by atoms with E-state index in [0.717, 1.165) is 29.8 Å². The van der Waals surface area contributed by atoms with E-state index >= 15 is 0 Å². The molecular formula is C18H22N2O3S. The molecule has 0 bridgehead atoms. The van der Waals surface area contributed by atoms with Crippen molar-refractivity contribution in [3.05, 3.63) is 52.5 Å². The molecule has 2 aromatic heterocycles. The Labute approximate surface area is 146 Å². The lowest BCUT2D eigenvalue weighted by Gasteiger charge is -2.28. The third kappa shape index (κ3) is 4.01. The number of amides is 1. The molecule has 0 spiro atoms. The van der Waals surface area contributed by atoms with Gasteiger partial charge in [-0.25, -0.2) is 0 Å². The summed E-state index contributed by atoms with van der Waals surface area (Å²) in [6.07, 6.45) is 5.26. The maximum Gasteiger partial charge on any atom is 0.264 e. The largest absolute Gasteiger partial charge is 0.382 e. The van der Waals surface area contributed by atoms with Crippen molar-refractivity contribution in [3.8, 4) is 0 Å². The Morgan fingerprint density at radius 2 is 2.29 bits per heavy atom. The van der Waals surface area contributed by atoms with Crippen molar-refractivity contribution in [2.75, 3.05) is 26.9 Å². The summed E-state index contributed by atoms with van der Waals surface area (Å²) in [7, 11) is 1.66. The first-order valence-corrected chi connectivity index (χ1v) is 9.01. The van der Waals surface area contributed by atoms with Crippen LogP contribution in [-0.2, 0) is 15.9 Å². The highest BCUT2D eigenvalue weighted by molar-refractivity contribution is 7.12. The molecule has 1 aliphatic rings. The second kappa shape index (κ2) is 8.37. The van der Waals surface area contributed by atoms with E-state index in [4.69, 9.17) is 9.47 Å². The van der Waals surface area contributed by atoms with Crippen molar-refractivity contribution in [1.82, 2.24) is 9.88 Å². The third-order valence-corrected chi connectivity index (χ3v) is 5.12. The van der Waals surface area contributed by atoms with Crippen LogP contribution < -0.4 is 0 Å². The predicted octanol–water partition coefficient (Wildman–Crippen LogP) is 2.63. The van der Waals surface area contributed by atoms with Gasteiger partial charge in [-0.2, -0.15) is 0 Å². The molecule has 1 aliphatic heterocycles. The van der Waals surface area contributed by atoms with Crippen molar-refractivity contribution >= 4 is 17.2 Å². The first-order valence-electron chi connectivity index (χ1n) is 8.13. The minimum Gasteiger partial charge on any atom is -0.382 e. The van der Waals surface area contributed by atoms with Gasteiger partial charge in [0.2, 0.25) is 0 Å². The molecule has 2 aromatic rings. The Kier molecular flexibility index (Phi) is 5.96. The molecule has 0 N–H and O–H groups in total. The number of pyridine rings is 1. The highest BCUT2D eigenvalue weighted by Crippen LogP contribution is 2.27. The number of thiophene rings is 1. The van der Waals surface area contributed by atoms with Gasteiger partial charge >= 0.3 is 0 Å². The number of aromatic nitrogens is 1. The summed E-state index contributed by atoms with van der Waals surface area (Å²) in [6, 6.07) is 7.80. The Morgan fingerprint density at radius 1 is 1.38 bits per heavy atom. The van der Waals surface area contributed by atoms with E-state index in [0.29, 0.717) is 13.2 Å². The summed E-state index contributed by atoms with van der Waals surface area (Å²) < 4.78 is 11.1. The van der Waals surface area contributed by atoms with Crippen LogP contribution in [0, 0.1) is 0 Å². The lowest BCUT2D eigenvalue weighted by molar-refractivity contribution is 0.000547. The van der Waals surface area contributed by atoms with E-state index in [1.807, 2.05) is 40.7 Å². The maximum absolute atomic E-state index is 12.8. The fourth-order valence-corrected chi connectivity index (χ4v) is 3.78. The van der Waals surface area contributed by atoms with E-state index in [2.05, 4.69) is 4.98 Å². The van der Waals surface area contributed by atoms with E-state index in [1.165, 1.54) is 11.3 Å². The second-order valence-corrected chi connectivity index (χ2v) is 6.75. The zero-order valence-electron chi connectivity index (χ0n) is 13.8. The van der Waals surface area contributed by atoms with Crippen molar-refractivity contribution in [1.29, 1.82) is 0 Å². The number of ether oxygens (including phenoxy) is 2. The van der Waals surface area contributed by atoms with Crippen LogP contribution in [0.4, 0.5) is 0 Å². The van der Waals surface area contributed by atoms with Crippen LogP contribution >= 0.6 is 11.3 Å². The molecule has 6 heteroatoms. The van der Waals surface area contributed by atoms with E-state index < -0.39 is 0 Å². The molecule has 0 aliphatic carbocycles. The summed E-state index contributed by atoms with van der Waals surface area (Å²) >= 11 is 1.48. The van der Waals surface area contributed by atoms with Gasteiger partial charge in [0.25, 0.3) is 5.91 Å². The Bertz CT molecular complexity index is 633. The van der Waals surface area contributed by atoms with Crippen molar-refractivity contribution in [3.63, 3.8) is 0 Å². The summed E-state index contributed by atoms with van der Waals surface area (Å²) in [6.45, 7) is 1.83. The summed E-state index contributed by atoms with van der Waals surface area (Å²) in [5.74, 6) is 0.0942. The number of nitrogens with zero attached hydrogens (tertiary/aromatic N) is 2. The molecule has 1 amide bonds. The van der Waals surface area contributed by atoms with Crippen LogP contribution in [0.25, 0.3) is 0 Å². The van der Waals surface area contributed by atoms with Gasteiger partial charge in [-0.1, -0.05) is 12.1 Å². The van der Waals surface area contributed by atoms with Crippen LogP contribution in [0.2, 0.25) is 0 Å². The minimum atomic E-state index is 0.0284. The number of methoxy groups -OCH3 is 1. The number of hydrogen-bond acceptors (Lipinski definition) is 5. The highest BCUT2D eigenvalue weighted by Gasteiger charge is 2.38. The van der Waals surface area contributed by atoms with Gasteiger partial charge in [0.1, 0.15) is 0 Å². The van der Waals surface area contributed by atoms with Gasteiger partial charge in [-0.3, -0.25) is 9.78 Å². The molecule has 1 fully saturated rings. The Morgan fingerprint density at radius 3 is 3.00 bits per heavy atom. The van der Waals surface area contributed by atoms with Crippen molar-refractivity contribution in [2.45, 2.75) is 25.0 Å². The Hall–Kier alpha value is -1.76. The standard InChI is InChI=1S/C18H22N2O3S/c1-22-9-10-23-16-6-8-20(18(21)17-5-3-11-24-17)15(16)12-14-4-2-7-19-13-14/h2-5,7,11,13,15-16H,6,8-10,12H2,1H3/t15-,16+/m0/s1. The Balaban J connectivity index is 1.75. The summed E-state index contributed by atoms with van der Waals surface area (Å²) in [5, 5.41) is 1.94. The van der Waals surface area contributed by atoms with Crippen LogP contribution in [-0.4, -0.2) is 54.8 Å². The van der Waals surface area contributed by atoms with Gasteiger partial charge < -0.3 is 14.4 Å². The first-order chi connectivity index (χ1) is 11.8. The molecule has 3 rings (SSSR count). The van der Waals surface area contributed by atoms with Gasteiger partial charge in [-0.15, -0.1) is 11.3 Å². The predicted molar refractivity (Wildman–Crippen MR) is 93.3 cm³/mol. The molecule has 0 saturated carbocycles. The number of hydrogen-bond donors (Lipinski definition) is 0. The molecule has 0 aromatic carbocycles. The number of carbonyl (C=O) groups excluding carboxylic acids is 1. The van der Waals surface area contributed by atoms with Crippen LogP contribution in [0.15, 0.2) is 42.0 Å². The molecule has 5 nitrogen and oxygen atoms in total. The topological polar surface area (TPSA) is 51.7 Å². The van der Waals surface area contributed by atoms with Crippen molar-refractivity contribution < 1.29 is 14.3 Å². The zero-order valence-corrected chi connectivity index (χ0v) is 14.6. The first kappa shape index (κ1) is 17.1. The molecule has 24 heavy (non-hydrogen) atoms. The second-order valence-electron chi connectivity index (χ2n) is 5.80. The van der Waals surface area contributed by atoms with E-state index in [1.54, 1.807) is 13.3 Å². The fourth-order valence-electron chi connectivity index (χ4n) is 3.10. The van der Waals surface area contributed by atoms with E-state index in [9.17, 15) is 4.79 Å². The quantitative estimate of drug-likeness (QED) is 0.723. The summed E-state index contributed by atoms with van der Waals surface area (Å²) in [4.78, 5) is 19.7. The summed E-state index contributed by atoms with van der Waals surface area (Å²) in [5.41, 5.74) is 1.12. The van der Waals surface area contributed by atoms with Gasteiger partial charge in [-0.05, 0) is 35.9 Å². The lowest BCUT2D eigenvalue weighted by Crippen LogP contribution is -2.42. The smallest absolute Gasteiger partial charge is 0.264 e. The normalized spacial score (nSPS) is 20.5. The van der Waals surface area contributed by atoms with E-state index in [-0.39, 0.29) is 18.1 Å². The molecule has 2 atom stereocenters. The monoisotopic (exact) mass is 346 g/mol. The number of rotatable bonds is 7. The minimum absolute atomic E-state index is 0.0284. The van der Waals surface area contributed by atoms with Gasteiger partial charge in [0, 0.05) is 26.0 Å². The molecule has 0 unspecified atom stereocenters. The molecule has 3 heterocycles. The molecular weight excluding hydrogens is 324 g/mol. The zero-order chi connectivity index (χ0) is 16.8. The molecule has 0 radical (unpaired) electrons. The van der Waals surface area contributed by atoms with Crippen molar-refractivity contribution in [2.24, 2.45) is 0 Å². The average molecular weight is 346 g/mol. The fraction of sp³-hybridized carbons (Fsp3) is 0.444. The third-order valence-electron chi connectivity index (χ3n) is 4.26. The SMILES string of the molecule is COCCO[C@@H]1CCN(C(=O)c2cccs2)[C@H]1Cc1cccnc1. The number of carbonyl (C=O) groups is 1. The van der Waals surface area contributed by atoms with Crippen LogP contribution in [0.1, 0.15) is 21.7 Å². The molecule has 128 valence electrons. The van der Waals surface area contributed by atoms with Crippen LogP contribution in [0.3, 0.4) is 0 Å². The van der Waals surface area contributed by atoms with Gasteiger partial charge in [0.15, 0.2) is 0 Å². The molecule has 1 saturated heterocycles. The lowest BCUT2D eigenvalue weighted by atomic mass is 10.0. The average Bonchev–Trinajstić information content (AvgIpc) is 3.26. The number of likely N-dealkylation sites (tertiary alicyclic amines) is 1. The highest BCUT2D eigenvalue weighted by atomic mass is 32.1. The maximum atomic E-state index is 12.8. The van der Waals surface area contributed by atoms with Crippen LogP contribution in [0.5, 0.6) is 0 Å². The van der Waals surface area contributed by atoms with Gasteiger partial charge in [0.05, 0.1) is 30.2 Å².